The Kier molecular flexibility index (Phi) is 6.32. The van der Waals surface area contributed by atoms with E-state index in [1.807, 2.05) is 0 Å². The Morgan fingerprint density at radius 2 is 1.03 bits per heavy atom. The van der Waals surface area contributed by atoms with E-state index in [4.69, 9.17) is 0 Å². The molecule has 30 heavy (non-hydrogen) atoms. The Morgan fingerprint density at radius 3 is 1.43 bits per heavy atom. The standard InChI is InChI=1S/C30H38/c1-6-21(4)29-18-23(25-12-8-10-14-27(25)29)16-20(3)17-24-19-30(22(5)7-2)28-15-11-9-13-26(24)28/h8-15,18-24H,6-7,16-17H2,1-5H3. The van der Waals surface area contributed by atoms with Crippen molar-refractivity contribution in [3.8, 4) is 0 Å². The molecule has 0 N–H and O–H groups in total. The molecule has 0 aliphatic heterocycles. The Morgan fingerprint density at radius 1 is 0.633 bits per heavy atom. The summed E-state index contributed by atoms with van der Waals surface area (Å²) >= 11 is 0. The monoisotopic (exact) mass is 398 g/mol. The van der Waals surface area contributed by atoms with Crippen molar-refractivity contribution in [1.29, 1.82) is 0 Å². The van der Waals surface area contributed by atoms with Crippen LogP contribution in [-0.4, -0.2) is 0 Å². The third kappa shape index (κ3) is 3.94. The van der Waals surface area contributed by atoms with Crippen molar-refractivity contribution in [2.75, 3.05) is 0 Å². The van der Waals surface area contributed by atoms with Crippen molar-refractivity contribution >= 4 is 11.1 Å². The van der Waals surface area contributed by atoms with Crippen LogP contribution in [0, 0.1) is 17.8 Å². The number of allylic oxidation sites excluding steroid dienone is 4. The van der Waals surface area contributed by atoms with E-state index in [1.54, 1.807) is 22.3 Å². The van der Waals surface area contributed by atoms with Crippen molar-refractivity contribution in [2.45, 2.75) is 72.1 Å². The maximum atomic E-state index is 2.60. The second kappa shape index (κ2) is 8.96. The highest BCUT2D eigenvalue weighted by Gasteiger charge is 2.30. The summed E-state index contributed by atoms with van der Waals surface area (Å²) in [7, 11) is 0. The van der Waals surface area contributed by atoms with Crippen LogP contribution in [0.25, 0.3) is 11.1 Å². The maximum absolute atomic E-state index is 2.60. The molecule has 0 spiro atoms. The Hall–Kier alpha value is -2.08. The first-order chi connectivity index (χ1) is 14.5. The van der Waals surface area contributed by atoms with Crippen LogP contribution >= 0.6 is 0 Å². The van der Waals surface area contributed by atoms with Crippen LogP contribution < -0.4 is 0 Å². The summed E-state index contributed by atoms with van der Waals surface area (Å²) in [5.74, 6) is 3.15. The van der Waals surface area contributed by atoms with Gasteiger partial charge in [0.2, 0.25) is 0 Å². The fourth-order valence-corrected chi connectivity index (χ4v) is 5.61. The number of benzene rings is 2. The van der Waals surface area contributed by atoms with Gasteiger partial charge in [-0.05, 0) is 76.8 Å². The molecule has 2 aliphatic carbocycles. The van der Waals surface area contributed by atoms with Crippen molar-refractivity contribution in [2.24, 2.45) is 17.8 Å². The molecule has 0 aromatic heterocycles. The third-order valence-corrected chi connectivity index (χ3v) is 7.70. The van der Waals surface area contributed by atoms with Gasteiger partial charge in [-0.15, -0.1) is 0 Å². The molecular weight excluding hydrogens is 360 g/mol. The van der Waals surface area contributed by atoms with Crippen LogP contribution in [0.4, 0.5) is 0 Å². The van der Waals surface area contributed by atoms with E-state index in [9.17, 15) is 0 Å². The number of hydrogen-bond donors (Lipinski definition) is 0. The molecule has 2 aromatic rings. The largest absolute Gasteiger partial charge is 0.0729 e. The normalized spacial score (nSPS) is 22.7. The van der Waals surface area contributed by atoms with E-state index in [-0.39, 0.29) is 0 Å². The van der Waals surface area contributed by atoms with E-state index in [0.29, 0.717) is 29.6 Å². The summed E-state index contributed by atoms with van der Waals surface area (Å²) in [4.78, 5) is 0. The van der Waals surface area contributed by atoms with Gasteiger partial charge in [0.1, 0.15) is 0 Å². The van der Waals surface area contributed by atoms with Gasteiger partial charge in [-0.1, -0.05) is 95.3 Å². The minimum Gasteiger partial charge on any atom is -0.0729 e. The second-order valence-electron chi connectivity index (χ2n) is 9.83. The van der Waals surface area contributed by atoms with E-state index < -0.39 is 0 Å². The molecule has 4 unspecified atom stereocenters. The van der Waals surface area contributed by atoms with Gasteiger partial charge in [0.25, 0.3) is 0 Å². The highest BCUT2D eigenvalue weighted by Crippen LogP contribution is 2.46. The van der Waals surface area contributed by atoms with Gasteiger partial charge in [0.15, 0.2) is 0 Å². The summed E-state index contributed by atoms with van der Waals surface area (Å²) in [5.41, 5.74) is 9.29. The summed E-state index contributed by atoms with van der Waals surface area (Å²) < 4.78 is 0. The first kappa shape index (κ1) is 21.2. The van der Waals surface area contributed by atoms with Crippen molar-refractivity contribution in [1.82, 2.24) is 0 Å². The molecule has 0 heteroatoms. The van der Waals surface area contributed by atoms with Crippen molar-refractivity contribution in [3.05, 3.63) is 82.9 Å². The van der Waals surface area contributed by atoms with Crippen LogP contribution in [0.3, 0.4) is 0 Å². The molecule has 0 amide bonds. The zero-order valence-electron chi connectivity index (χ0n) is 19.5. The third-order valence-electron chi connectivity index (χ3n) is 7.70. The number of rotatable bonds is 8. The maximum Gasteiger partial charge on any atom is 0.00326 e. The SMILES string of the molecule is CCC(C)C1=CC(CC(C)CC2C=C(C(C)CC)c3ccccc32)c2ccccc21. The lowest BCUT2D eigenvalue weighted by atomic mass is 9.84. The van der Waals surface area contributed by atoms with Crippen molar-refractivity contribution < 1.29 is 0 Å². The van der Waals surface area contributed by atoms with Gasteiger partial charge in [-0.25, -0.2) is 0 Å². The summed E-state index contributed by atoms with van der Waals surface area (Å²) in [6.07, 6.45) is 10.1. The van der Waals surface area contributed by atoms with E-state index in [2.05, 4.69) is 95.3 Å². The van der Waals surface area contributed by atoms with Gasteiger partial charge < -0.3 is 0 Å². The lowest BCUT2D eigenvalue weighted by Gasteiger charge is -2.20. The van der Waals surface area contributed by atoms with Crippen LogP contribution in [0.5, 0.6) is 0 Å². The second-order valence-corrected chi connectivity index (χ2v) is 9.83. The van der Waals surface area contributed by atoms with E-state index in [0.717, 1.165) is 0 Å². The van der Waals surface area contributed by atoms with Crippen LogP contribution in [0.1, 0.15) is 94.4 Å². The molecule has 0 saturated heterocycles. The molecule has 0 nitrogen and oxygen atoms in total. The molecule has 0 saturated carbocycles. The molecule has 4 rings (SSSR count). The topological polar surface area (TPSA) is 0 Å². The molecule has 2 aliphatic rings. The summed E-state index contributed by atoms with van der Waals surface area (Å²) in [6.45, 7) is 11.8. The predicted molar refractivity (Wildman–Crippen MR) is 132 cm³/mol. The quantitative estimate of drug-likeness (QED) is 0.416. The smallest absolute Gasteiger partial charge is 0.00326 e. The lowest BCUT2D eigenvalue weighted by Crippen LogP contribution is -2.06. The van der Waals surface area contributed by atoms with Crippen LogP contribution in [0.15, 0.2) is 60.7 Å². The molecule has 0 fully saturated rings. The van der Waals surface area contributed by atoms with Crippen LogP contribution in [-0.2, 0) is 0 Å². The molecule has 0 bridgehead atoms. The fourth-order valence-electron chi connectivity index (χ4n) is 5.61. The number of fused-ring (bicyclic) bond motifs is 2. The zero-order chi connectivity index (χ0) is 21.3. The van der Waals surface area contributed by atoms with Gasteiger partial charge in [-0.2, -0.15) is 0 Å². The molecule has 158 valence electrons. The van der Waals surface area contributed by atoms with Gasteiger partial charge in [0.05, 0.1) is 0 Å². The molecule has 0 radical (unpaired) electrons. The van der Waals surface area contributed by atoms with Crippen LogP contribution in [0.2, 0.25) is 0 Å². The molecular formula is C30H38. The minimum atomic E-state index is 0.579. The van der Waals surface area contributed by atoms with E-state index >= 15 is 0 Å². The highest BCUT2D eigenvalue weighted by molar-refractivity contribution is 5.77. The average molecular weight is 399 g/mol. The fraction of sp³-hybridized carbons (Fsp3) is 0.467. The average Bonchev–Trinajstić information content (AvgIpc) is 3.32. The molecule has 4 atom stereocenters. The first-order valence-electron chi connectivity index (χ1n) is 12.1. The molecule has 0 heterocycles. The lowest BCUT2D eigenvalue weighted by molar-refractivity contribution is 0.454. The van der Waals surface area contributed by atoms with Crippen molar-refractivity contribution in [3.63, 3.8) is 0 Å². The molecule has 2 aromatic carbocycles. The first-order valence-corrected chi connectivity index (χ1v) is 12.1. The summed E-state index contributed by atoms with van der Waals surface area (Å²) in [6, 6.07) is 18.3. The van der Waals surface area contributed by atoms with Gasteiger partial charge >= 0.3 is 0 Å². The predicted octanol–water partition coefficient (Wildman–Crippen LogP) is 8.86. The Labute approximate surface area is 184 Å². The Bertz CT molecular complexity index is 867. The van der Waals surface area contributed by atoms with E-state index in [1.165, 1.54) is 36.8 Å². The van der Waals surface area contributed by atoms with Gasteiger partial charge in [0, 0.05) is 11.8 Å². The Balaban J connectivity index is 1.52. The van der Waals surface area contributed by atoms with Gasteiger partial charge in [-0.3, -0.25) is 0 Å². The minimum absolute atomic E-state index is 0.579. The number of hydrogen-bond acceptors (Lipinski definition) is 0. The summed E-state index contributed by atoms with van der Waals surface area (Å²) in [5, 5.41) is 0. The zero-order valence-corrected chi connectivity index (χ0v) is 19.5. The highest BCUT2D eigenvalue weighted by atomic mass is 14.3.